The van der Waals surface area contributed by atoms with Crippen molar-refractivity contribution in [2.75, 3.05) is 0 Å². The van der Waals surface area contributed by atoms with Gasteiger partial charge in [-0.2, -0.15) is 0 Å². The van der Waals surface area contributed by atoms with E-state index >= 15 is 0 Å². The molecule has 0 radical (unpaired) electrons. The molecule has 2 aliphatic carbocycles. The van der Waals surface area contributed by atoms with Crippen LogP contribution in [-0.2, 0) is 10.2 Å². The second-order valence-electron chi connectivity index (χ2n) is 5.28. The Kier molecular flexibility index (Phi) is 1.94. The van der Waals surface area contributed by atoms with Gasteiger partial charge >= 0.3 is 5.97 Å². The Morgan fingerprint density at radius 3 is 1.89 bits per heavy atom. The highest BCUT2D eigenvalue weighted by Gasteiger charge is 2.75. The summed E-state index contributed by atoms with van der Waals surface area (Å²) >= 11 is 3.48. The topological polar surface area (TPSA) is 37.3 Å². The average Bonchev–Trinajstić information content (AvgIpc) is 2.98. The number of hydrogen-bond acceptors (Lipinski definition) is 1. The Balaban J connectivity index is 2.07. The van der Waals surface area contributed by atoms with Gasteiger partial charge in [-0.3, -0.25) is 4.79 Å². The molecule has 0 heterocycles. The number of halogens is 1. The van der Waals surface area contributed by atoms with E-state index in [9.17, 15) is 9.90 Å². The van der Waals surface area contributed by atoms with Gasteiger partial charge < -0.3 is 5.11 Å². The first-order valence-corrected chi connectivity index (χ1v) is 7.02. The van der Waals surface area contributed by atoms with Crippen molar-refractivity contribution >= 4 is 21.9 Å². The summed E-state index contributed by atoms with van der Waals surface area (Å²) in [5, 5.41) is 9.54. The zero-order valence-corrected chi connectivity index (χ0v) is 11.6. The molecule has 0 amide bonds. The number of carboxylic acids is 1. The minimum atomic E-state index is -0.858. The van der Waals surface area contributed by atoms with Gasteiger partial charge in [-0.15, -0.1) is 0 Å². The third-order valence-corrected chi connectivity index (χ3v) is 5.76. The van der Waals surface area contributed by atoms with Crippen LogP contribution in [0, 0.1) is 0 Å². The van der Waals surface area contributed by atoms with Crippen molar-refractivity contribution in [2.45, 2.75) is 16.2 Å². The molecule has 0 unspecified atom stereocenters. The van der Waals surface area contributed by atoms with Crippen LogP contribution in [-0.4, -0.2) is 15.4 Å². The summed E-state index contributed by atoms with van der Waals surface area (Å²) in [5.74, 6) is -0.779. The largest absolute Gasteiger partial charge is 0.480 e. The van der Waals surface area contributed by atoms with E-state index in [1.54, 1.807) is 0 Å². The molecule has 0 saturated heterocycles. The zero-order valence-electron chi connectivity index (χ0n) is 10.1. The van der Waals surface area contributed by atoms with Crippen LogP contribution in [0.4, 0.5) is 0 Å². The molecule has 0 aliphatic heterocycles. The first kappa shape index (κ1) is 11.2. The Bertz CT molecular complexity index is 677. The fourth-order valence-electron chi connectivity index (χ4n) is 3.52. The first-order chi connectivity index (χ1) is 9.11. The maximum Gasteiger partial charge on any atom is 0.321 e. The van der Waals surface area contributed by atoms with Crippen LogP contribution >= 0.6 is 15.9 Å². The van der Waals surface area contributed by atoms with Crippen molar-refractivity contribution in [3.05, 3.63) is 59.7 Å². The molecule has 1 N–H and O–H groups in total. The number of carbonyl (C=O) groups is 1. The predicted octanol–water partition coefficient (Wildman–Crippen LogP) is 3.58. The van der Waals surface area contributed by atoms with Gasteiger partial charge in [0.15, 0.2) is 0 Å². The van der Waals surface area contributed by atoms with Crippen molar-refractivity contribution in [3.8, 4) is 11.1 Å². The molecule has 1 spiro atoms. The van der Waals surface area contributed by atoms with Crippen molar-refractivity contribution in [1.29, 1.82) is 0 Å². The smallest absolute Gasteiger partial charge is 0.321 e. The number of alkyl halides is 1. The lowest BCUT2D eigenvalue weighted by molar-refractivity contribution is -0.137. The second kappa shape index (κ2) is 3.28. The number of hydrogen-bond donors (Lipinski definition) is 1. The van der Waals surface area contributed by atoms with Crippen LogP contribution in [0.3, 0.4) is 0 Å². The molecule has 2 aromatic rings. The van der Waals surface area contributed by atoms with Gasteiger partial charge in [0.05, 0.1) is 0 Å². The van der Waals surface area contributed by atoms with E-state index in [1.165, 1.54) is 11.1 Å². The van der Waals surface area contributed by atoms with Gasteiger partial charge in [0.25, 0.3) is 0 Å². The maximum atomic E-state index is 11.6. The number of fused-ring (bicyclic) bond motifs is 5. The lowest BCUT2D eigenvalue weighted by atomic mass is 9.91. The summed E-state index contributed by atoms with van der Waals surface area (Å²) < 4.78 is -0.858. The third-order valence-electron chi connectivity index (χ3n) is 4.46. The number of benzene rings is 2. The first-order valence-electron chi connectivity index (χ1n) is 6.23. The summed E-state index contributed by atoms with van der Waals surface area (Å²) in [5.41, 5.74) is 4.21. The zero-order chi connectivity index (χ0) is 13.3. The third kappa shape index (κ3) is 1.11. The van der Waals surface area contributed by atoms with E-state index in [0.717, 1.165) is 11.1 Å². The highest BCUT2D eigenvalue weighted by Crippen LogP contribution is 2.72. The summed E-state index contributed by atoms with van der Waals surface area (Å²) in [4.78, 5) is 11.6. The average molecular weight is 315 g/mol. The molecule has 2 nitrogen and oxygen atoms in total. The van der Waals surface area contributed by atoms with Crippen LogP contribution in [0.1, 0.15) is 17.5 Å². The predicted molar refractivity (Wildman–Crippen MR) is 76.6 cm³/mol. The Hall–Kier alpha value is -1.61. The number of aliphatic carboxylic acids is 1. The fourth-order valence-corrected chi connectivity index (χ4v) is 4.37. The molecular formula is C16H11BrO2. The molecule has 1 atom stereocenters. The highest BCUT2D eigenvalue weighted by atomic mass is 79.9. The molecule has 19 heavy (non-hydrogen) atoms. The second-order valence-corrected chi connectivity index (χ2v) is 6.63. The molecule has 2 aliphatic rings. The van der Waals surface area contributed by atoms with Crippen LogP contribution in [0.5, 0.6) is 0 Å². The molecule has 1 saturated carbocycles. The van der Waals surface area contributed by atoms with E-state index in [2.05, 4.69) is 40.2 Å². The van der Waals surface area contributed by atoms with Gasteiger partial charge in [-0.25, -0.2) is 0 Å². The van der Waals surface area contributed by atoms with Crippen molar-refractivity contribution < 1.29 is 9.90 Å². The Labute approximate surface area is 119 Å². The van der Waals surface area contributed by atoms with Crippen molar-refractivity contribution in [1.82, 2.24) is 0 Å². The molecule has 2 aromatic carbocycles. The Morgan fingerprint density at radius 2 is 1.47 bits per heavy atom. The molecule has 1 fully saturated rings. The summed E-state index contributed by atoms with van der Waals surface area (Å²) in [6.07, 6.45) is 0.614. The Morgan fingerprint density at radius 1 is 1.00 bits per heavy atom. The standard InChI is InChI=1S/C16H11BrO2/c17-16(14(18)19)9-15(16)12-7-3-1-5-10(12)11-6-2-4-8-13(11)15/h1-8H,9H2,(H,18,19)/t16-/m1/s1. The lowest BCUT2D eigenvalue weighted by Crippen LogP contribution is -2.26. The summed E-state index contributed by atoms with van der Waals surface area (Å²) in [6, 6.07) is 16.3. The quantitative estimate of drug-likeness (QED) is 0.817. The van der Waals surface area contributed by atoms with Crippen LogP contribution in [0.2, 0.25) is 0 Å². The molecule has 94 valence electrons. The van der Waals surface area contributed by atoms with E-state index in [-0.39, 0.29) is 0 Å². The molecular weight excluding hydrogens is 304 g/mol. The van der Waals surface area contributed by atoms with Crippen molar-refractivity contribution in [2.24, 2.45) is 0 Å². The van der Waals surface area contributed by atoms with Crippen LogP contribution in [0.15, 0.2) is 48.5 Å². The number of carboxylic acid groups (broad SMARTS) is 1. The minimum Gasteiger partial charge on any atom is -0.480 e. The monoisotopic (exact) mass is 314 g/mol. The van der Waals surface area contributed by atoms with Gasteiger partial charge in [0.1, 0.15) is 4.32 Å². The van der Waals surface area contributed by atoms with Gasteiger partial charge in [0, 0.05) is 5.41 Å². The minimum absolute atomic E-state index is 0.397. The molecule has 4 rings (SSSR count). The van der Waals surface area contributed by atoms with Crippen LogP contribution < -0.4 is 0 Å². The van der Waals surface area contributed by atoms with Gasteiger partial charge in [-0.1, -0.05) is 64.5 Å². The van der Waals surface area contributed by atoms with E-state index in [4.69, 9.17) is 0 Å². The van der Waals surface area contributed by atoms with Gasteiger partial charge in [-0.05, 0) is 28.7 Å². The normalized spacial score (nSPS) is 24.9. The fraction of sp³-hybridized carbons (Fsp3) is 0.188. The van der Waals surface area contributed by atoms with Crippen molar-refractivity contribution in [3.63, 3.8) is 0 Å². The van der Waals surface area contributed by atoms with Gasteiger partial charge in [0.2, 0.25) is 0 Å². The molecule has 0 aromatic heterocycles. The van der Waals surface area contributed by atoms with E-state index in [1.807, 2.05) is 24.3 Å². The molecule has 3 heteroatoms. The summed E-state index contributed by atoms with van der Waals surface area (Å²) in [6.45, 7) is 0. The van der Waals surface area contributed by atoms with E-state index < -0.39 is 15.7 Å². The lowest BCUT2D eigenvalue weighted by Gasteiger charge is -2.16. The molecule has 0 bridgehead atoms. The van der Waals surface area contributed by atoms with Crippen LogP contribution in [0.25, 0.3) is 11.1 Å². The summed E-state index contributed by atoms with van der Waals surface area (Å²) in [7, 11) is 0. The maximum absolute atomic E-state index is 11.6. The highest BCUT2D eigenvalue weighted by molar-refractivity contribution is 9.10. The van der Waals surface area contributed by atoms with E-state index in [0.29, 0.717) is 6.42 Å². The SMILES string of the molecule is O=C(O)[C@]1(Br)CC12c1ccccc1-c1ccccc12. The number of rotatable bonds is 1.